The van der Waals surface area contributed by atoms with E-state index < -0.39 is 29.3 Å². The number of hydrogen-bond donors (Lipinski definition) is 2. The van der Waals surface area contributed by atoms with Gasteiger partial charge in [0.25, 0.3) is 0 Å². The minimum atomic E-state index is -4.95. The van der Waals surface area contributed by atoms with Crippen molar-refractivity contribution in [3.63, 3.8) is 0 Å². The van der Waals surface area contributed by atoms with Crippen LogP contribution in [-0.2, 0) is 5.41 Å². The molecule has 1 unspecified atom stereocenters. The Labute approximate surface area is 139 Å². The fourth-order valence-electron chi connectivity index (χ4n) is 2.80. The smallest absolute Gasteiger partial charge is 0.375 e. The van der Waals surface area contributed by atoms with Gasteiger partial charge in [-0.05, 0) is 16.5 Å². The molecule has 0 aromatic heterocycles. The molecule has 128 valence electrons. The average Bonchev–Trinajstić information content (AvgIpc) is 2.54. The molecule has 0 aliphatic rings. The van der Waals surface area contributed by atoms with Crippen LogP contribution in [0.15, 0.2) is 60.7 Å². The Morgan fingerprint density at radius 2 is 1.38 bits per heavy atom. The maximum Gasteiger partial charge on any atom is 0.423 e. The van der Waals surface area contributed by atoms with Crippen LogP contribution in [0.5, 0.6) is 0 Å². The lowest BCUT2D eigenvalue weighted by atomic mass is 9.72. The van der Waals surface area contributed by atoms with E-state index in [1.807, 2.05) is 0 Å². The quantitative estimate of drug-likeness (QED) is 0.763. The molecule has 2 N–H and O–H groups in total. The van der Waals surface area contributed by atoms with Gasteiger partial charge in [-0.1, -0.05) is 74.5 Å². The standard InChI is InChI=1S/C19H20F3NO/c1-17(2,15-11-7-4-8-12-15)13-18(24,19(20,21)22)16(23)14-9-5-3-6-10-14/h3-12,23-24H,13H2,1-2H3. The molecular weight excluding hydrogens is 315 g/mol. The molecule has 0 bridgehead atoms. The van der Waals surface area contributed by atoms with Crippen LogP contribution in [0, 0.1) is 5.41 Å². The van der Waals surface area contributed by atoms with Crippen molar-refractivity contribution >= 4 is 5.71 Å². The van der Waals surface area contributed by atoms with E-state index >= 15 is 0 Å². The molecule has 2 aromatic carbocycles. The number of benzene rings is 2. The highest BCUT2D eigenvalue weighted by Gasteiger charge is 2.59. The molecule has 0 saturated heterocycles. The lowest BCUT2D eigenvalue weighted by Crippen LogP contribution is -2.55. The van der Waals surface area contributed by atoms with Crippen LogP contribution in [0.25, 0.3) is 0 Å². The van der Waals surface area contributed by atoms with Crippen molar-refractivity contribution in [2.75, 3.05) is 0 Å². The minimum absolute atomic E-state index is 0.0567. The Morgan fingerprint density at radius 1 is 0.917 bits per heavy atom. The Balaban J connectivity index is 2.44. The van der Waals surface area contributed by atoms with Crippen LogP contribution in [0.3, 0.4) is 0 Å². The highest BCUT2D eigenvalue weighted by atomic mass is 19.4. The van der Waals surface area contributed by atoms with Gasteiger partial charge in [-0.2, -0.15) is 13.2 Å². The second-order valence-corrected chi connectivity index (χ2v) is 6.53. The highest BCUT2D eigenvalue weighted by Crippen LogP contribution is 2.42. The van der Waals surface area contributed by atoms with Gasteiger partial charge >= 0.3 is 6.18 Å². The monoisotopic (exact) mass is 335 g/mol. The van der Waals surface area contributed by atoms with E-state index in [0.717, 1.165) is 0 Å². The maximum absolute atomic E-state index is 13.7. The summed E-state index contributed by atoms with van der Waals surface area (Å²) in [5.41, 5.74) is -4.30. The molecular formula is C19H20F3NO. The summed E-state index contributed by atoms with van der Waals surface area (Å²) in [4.78, 5) is 0. The van der Waals surface area contributed by atoms with Crippen molar-refractivity contribution < 1.29 is 18.3 Å². The Kier molecular flexibility index (Phi) is 4.85. The first-order valence-corrected chi connectivity index (χ1v) is 7.57. The predicted molar refractivity (Wildman–Crippen MR) is 88.4 cm³/mol. The van der Waals surface area contributed by atoms with Crippen LogP contribution in [0.2, 0.25) is 0 Å². The third kappa shape index (κ3) is 3.51. The fraction of sp³-hybridized carbons (Fsp3) is 0.316. The van der Waals surface area contributed by atoms with E-state index in [4.69, 9.17) is 5.41 Å². The van der Waals surface area contributed by atoms with E-state index in [1.54, 1.807) is 62.4 Å². The number of aliphatic hydroxyl groups is 1. The lowest BCUT2D eigenvalue weighted by Gasteiger charge is -2.38. The number of hydrogen-bond acceptors (Lipinski definition) is 2. The number of halogens is 3. The second kappa shape index (κ2) is 6.40. The summed E-state index contributed by atoms with van der Waals surface area (Å²) in [5, 5.41) is 18.5. The summed E-state index contributed by atoms with van der Waals surface area (Å²) in [7, 11) is 0. The minimum Gasteiger partial charge on any atom is -0.375 e. The second-order valence-electron chi connectivity index (χ2n) is 6.53. The predicted octanol–water partition coefficient (Wildman–Crippen LogP) is 4.72. The number of alkyl halides is 3. The SMILES string of the molecule is CC(C)(CC(O)(C(=N)c1ccccc1)C(F)(F)F)c1ccccc1. The van der Waals surface area contributed by atoms with Crippen molar-refractivity contribution in [2.45, 2.75) is 37.5 Å². The van der Waals surface area contributed by atoms with Gasteiger partial charge in [0.2, 0.25) is 5.60 Å². The van der Waals surface area contributed by atoms with Crippen LogP contribution < -0.4 is 0 Å². The molecule has 0 saturated carbocycles. The van der Waals surface area contributed by atoms with E-state index in [0.29, 0.717) is 5.56 Å². The first-order valence-electron chi connectivity index (χ1n) is 7.57. The van der Waals surface area contributed by atoms with Gasteiger partial charge in [-0.25, -0.2) is 0 Å². The first kappa shape index (κ1) is 18.2. The summed E-state index contributed by atoms with van der Waals surface area (Å²) in [6.07, 6.45) is -5.59. The molecule has 0 heterocycles. The van der Waals surface area contributed by atoms with Crippen molar-refractivity contribution in [1.82, 2.24) is 0 Å². The zero-order valence-electron chi connectivity index (χ0n) is 13.6. The summed E-state index contributed by atoms with van der Waals surface area (Å²) in [6, 6.07) is 16.2. The molecule has 0 radical (unpaired) electrons. The Bertz CT molecular complexity index is 696. The van der Waals surface area contributed by atoms with Gasteiger partial charge in [0, 0.05) is 6.42 Å². The topological polar surface area (TPSA) is 44.1 Å². The van der Waals surface area contributed by atoms with Crippen molar-refractivity contribution in [2.24, 2.45) is 0 Å². The summed E-state index contributed by atoms with van der Waals surface area (Å²) in [6.45, 7) is 3.27. The van der Waals surface area contributed by atoms with Crippen LogP contribution in [0.1, 0.15) is 31.4 Å². The number of rotatable bonds is 5. The molecule has 2 aromatic rings. The molecule has 24 heavy (non-hydrogen) atoms. The van der Waals surface area contributed by atoms with Gasteiger partial charge in [0.1, 0.15) is 0 Å². The van der Waals surface area contributed by atoms with E-state index in [-0.39, 0.29) is 5.56 Å². The molecule has 0 amide bonds. The summed E-state index contributed by atoms with van der Waals surface area (Å²) in [5.74, 6) is 0. The normalized spacial score (nSPS) is 14.9. The average molecular weight is 335 g/mol. The van der Waals surface area contributed by atoms with E-state index in [2.05, 4.69) is 0 Å². The number of nitrogens with one attached hydrogen (secondary N) is 1. The first-order chi connectivity index (χ1) is 11.1. The Morgan fingerprint density at radius 3 is 1.83 bits per heavy atom. The Hall–Kier alpha value is -2.14. The molecule has 2 rings (SSSR count). The third-order valence-corrected chi connectivity index (χ3v) is 4.20. The van der Waals surface area contributed by atoms with Gasteiger partial charge in [0.15, 0.2) is 0 Å². The molecule has 5 heteroatoms. The lowest BCUT2D eigenvalue weighted by molar-refractivity contribution is -0.236. The zero-order chi connectivity index (χ0) is 18.0. The van der Waals surface area contributed by atoms with Gasteiger partial charge in [-0.15, -0.1) is 0 Å². The van der Waals surface area contributed by atoms with Crippen LogP contribution in [-0.4, -0.2) is 22.6 Å². The zero-order valence-corrected chi connectivity index (χ0v) is 13.6. The van der Waals surface area contributed by atoms with Gasteiger partial charge < -0.3 is 10.5 Å². The fourth-order valence-corrected chi connectivity index (χ4v) is 2.80. The van der Waals surface area contributed by atoms with E-state index in [9.17, 15) is 18.3 Å². The van der Waals surface area contributed by atoms with Crippen LogP contribution in [0.4, 0.5) is 13.2 Å². The van der Waals surface area contributed by atoms with Crippen LogP contribution >= 0.6 is 0 Å². The highest BCUT2D eigenvalue weighted by molar-refractivity contribution is 6.05. The van der Waals surface area contributed by atoms with Crippen molar-refractivity contribution in [1.29, 1.82) is 5.41 Å². The van der Waals surface area contributed by atoms with Crippen molar-refractivity contribution in [3.05, 3.63) is 71.8 Å². The summed E-state index contributed by atoms with van der Waals surface area (Å²) >= 11 is 0. The maximum atomic E-state index is 13.7. The van der Waals surface area contributed by atoms with Gasteiger partial charge in [-0.3, -0.25) is 0 Å². The molecule has 1 atom stereocenters. The molecule has 0 fully saturated rings. The van der Waals surface area contributed by atoms with E-state index in [1.165, 1.54) is 12.1 Å². The largest absolute Gasteiger partial charge is 0.423 e. The molecule has 0 aliphatic heterocycles. The van der Waals surface area contributed by atoms with Crippen molar-refractivity contribution in [3.8, 4) is 0 Å². The molecule has 0 aliphatic carbocycles. The third-order valence-electron chi connectivity index (χ3n) is 4.20. The summed E-state index contributed by atoms with van der Waals surface area (Å²) < 4.78 is 41.1. The van der Waals surface area contributed by atoms with Gasteiger partial charge in [0.05, 0.1) is 5.71 Å². The molecule has 0 spiro atoms. The molecule has 2 nitrogen and oxygen atoms in total.